The van der Waals surface area contributed by atoms with Crippen LogP contribution in [0.15, 0.2) is 0 Å². The Morgan fingerprint density at radius 3 is 3.14 bits per heavy atom. The van der Waals surface area contributed by atoms with Crippen molar-refractivity contribution in [2.75, 3.05) is 33.4 Å². The zero-order chi connectivity index (χ0) is 10.2. The molecular weight excluding hydrogens is 180 g/mol. The van der Waals surface area contributed by atoms with Gasteiger partial charge in [-0.05, 0) is 25.8 Å². The second kappa shape index (κ2) is 7.17. The van der Waals surface area contributed by atoms with Crippen LogP contribution in [0.2, 0.25) is 0 Å². The zero-order valence-electron chi connectivity index (χ0n) is 9.00. The van der Waals surface area contributed by atoms with Crippen molar-refractivity contribution in [2.24, 2.45) is 5.73 Å². The maximum absolute atomic E-state index is 5.76. The van der Waals surface area contributed by atoms with E-state index in [1.165, 1.54) is 12.8 Å². The molecule has 2 unspecified atom stereocenters. The summed E-state index contributed by atoms with van der Waals surface area (Å²) in [4.78, 5) is 0. The van der Waals surface area contributed by atoms with Crippen LogP contribution in [0.3, 0.4) is 0 Å². The molecule has 0 aliphatic carbocycles. The lowest BCUT2D eigenvalue weighted by molar-refractivity contribution is 0.104. The Kier molecular flexibility index (Phi) is 6.10. The molecule has 1 aliphatic rings. The first-order valence-electron chi connectivity index (χ1n) is 5.39. The lowest BCUT2D eigenvalue weighted by atomic mass is 10.2. The van der Waals surface area contributed by atoms with Crippen molar-refractivity contribution < 1.29 is 9.47 Å². The van der Waals surface area contributed by atoms with E-state index in [1.807, 2.05) is 0 Å². The molecule has 0 amide bonds. The topological polar surface area (TPSA) is 56.5 Å². The molecule has 1 heterocycles. The van der Waals surface area contributed by atoms with Gasteiger partial charge in [-0.15, -0.1) is 0 Å². The van der Waals surface area contributed by atoms with E-state index in [4.69, 9.17) is 15.2 Å². The minimum atomic E-state index is 0.101. The van der Waals surface area contributed by atoms with E-state index in [0.717, 1.165) is 26.1 Å². The van der Waals surface area contributed by atoms with Gasteiger partial charge in [0.25, 0.3) is 0 Å². The van der Waals surface area contributed by atoms with Crippen LogP contribution in [0.25, 0.3) is 0 Å². The molecule has 0 spiro atoms. The van der Waals surface area contributed by atoms with Gasteiger partial charge in [0.2, 0.25) is 0 Å². The molecule has 1 saturated heterocycles. The third kappa shape index (κ3) is 4.91. The summed E-state index contributed by atoms with van der Waals surface area (Å²) in [5.74, 6) is 0. The smallest absolute Gasteiger partial charge is 0.0626 e. The Hall–Kier alpha value is -0.160. The highest BCUT2D eigenvalue weighted by molar-refractivity contribution is 4.68. The highest BCUT2D eigenvalue weighted by Crippen LogP contribution is 2.14. The van der Waals surface area contributed by atoms with Crippen molar-refractivity contribution >= 4 is 0 Å². The summed E-state index contributed by atoms with van der Waals surface area (Å²) in [6.45, 7) is 3.36. The summed E-state index contributed by atoms with van der Waals surface area (Å²) in [5.41, 5.74) is 5.76. The van der Waals surface area contributed by atoms with Gasteiger partial charge < -0.3 is 20.5 Å². The Bertz CT molecular complexity index is 138. The summed E-state index contributed by atoms with van der Waals surface area (Å²) in [7, 11) is 1.67. The molecule has 4 heteroatoms. The van der Waals surface area contributed by atoms with Gasteiger partial charge in [-0.3, -0.25) is 0 Å². The van der Waals surface area contributed by atoms with Crippen molar-refractivity contribution in [1.82, 2.24) is 5.32 Å². The first-order chi connectivity index (χ1) is 6.83. The van der Waals surface area contributed by atoms with Crippen LogP contribution in [0.4, 0.5) is 0 Å². The molecule has 4 nitrogen and oxygen atoms in total. The van der Waals surface area contributed by atoms with Crippen molar-refractivity contribution in [3.05, 3.63) is 0 Å². The van der Waals surface area contributed by atoms with E-state index in [1.54, 1.807) is 7.11 Å². The van der Waals surface area contributed by atoms with Crippen molar-refractivity contribution in [3.63, 3.8) is 0 Å². The number of hydrogen-bond acceptors (Lipinski definition) is 4. The average molecular weight is 202 g/mol. The van der Waals surface area contributed by atoms with Gasteiger partial charge in [0, 0.05) is 26.3 Å². The Balaban J connectivity index is 1.88. The summed E-state index contributed by atoms with van der Waals surface area (Å²) in [6, 6.07) is 0.101. The molecule has 0 aromatic heterocycles. The van der Waals surface area contributed by atoms with E-state index in [9.17, 15) is 0 Å². The third-order valence-electron chi connectivity index (χ3n) is 2.45. The molecule has 0 saturated carbocycles. The lowest BCUT2D eigenvalue weighted by Gasteiger charge is -2.13. The van der Waals surface area contributed by atoms with Crippen molar-refractivity contribution in [1.29, 1.82) is 0 Å². The van der Waals surface area contributed by atoms with E-state index in [-0.39, 0.29) is 6.04 Å². The van der Waals surface area contributed by atoms with Crippen LogP contribution in [-0.4, -0.2) is 45.6 Å². The van der Waals surface area contributed by atoms with E-state index in [2.05, 4.69) is 5.32 Å². The summed E-state index contributed by atoms with van der Waals surface area (Å²) in [6.07, 6.45) is 4.00. The van der Waals surface area contributed by atoms with E-state index >= 15 is 0 Å². The first kappa shape index (κ1) is 11.9. The van der Waals surface area contributed by atoms with Gasteiger partial charge in [0.1, 0.15) is 0 Å². The second-order valence-corrected chi connectivity index (χ2v) is 3.84. The molecule has 3 N–H and O–H groups in total. The third-order valence-corrected chi connectivity index (χ3v) is 2.45. The van der Waals surface area contributed by atoms with Gasteiger partial charge in [-0.1, -0.05) is 0 Å². The molecule has 1 aliphatic heterocycles. The fourth-order valence-electron chi connectivity index (χ4n) is 1.70. The molecule has 0 aromatic rings. The number of rotatable bonds is 7. The van der Waals surface area contributed by atoms with Gasteiger partial charge in [-0.2, -0.15) is 0 Å². The first-order valence-corrected chi connectivity index (χ1v) is 5.39. The van der Waals surface area contributed by atoms with Gasteiger partial charge in [0.15, 0.2) is 0 Å². The molecule has 0 radical (unpaired) electrons. The number of hydrogen-bond donors (Lipinski definition) is 2. The summed E-state index contributed by atoms with van der Waals surface area (Å²) >= 11 is 0. The van der Waals surface area contributed by atoms with Crippen LogP contribution in [0.1, 0.15) is 19.3 Å². The Morgan fingerprint density at radius 2 is 2.50 bits per heavy atom. The van der Waals surface area contributed by atoms with Gasteiger partial charge >= 0.3 is 0 Å². The van der Waals surface area contributed by atoms with Crippen LogP contribution in [-0.2, 0) is 9.47 Å². The maximum atomic E-state index is 5.76. The average Bonchev–Trinajstić information content (AvgIpc) is 2.65. The molecular formula is C10H22N2O2. The number of nitrogens with two attached hydrogens (primary N) is 1. The molecule has 2 atom stereocenters. The summed E-state index contributed by atoms with van der Waals surface area (Å²) in [5, 5.41) is 3.31. The van der Waals surface area contributed by atoms with Crippen LogP contribution in [0, 0.1) is 0 Å². The molecule has 1 rings (SSSR count). The Morgan fingerprint density at radius 1 is 1.64 bits per heavy atom. The van der Waals surface area contributed by atoms with Crippen LogP contribution in [0.5, 0.6) is 0 Å². The van der Waals surface area contributed by atoms with Crippen molar-refractivity contribution in [3.8, 4) is 0 Å². The molecule has 14 heavy (non-hydrogen) atoms. The molecule has 1 fully saturated rings. The highest BCUT2D eigenvalue weighted by atomic mass is 16.5. The van der Waals surface area contributed by atoms with Crippen LogP contribution >= 0.6 is 0 Å². The molecule has 84 valence electrons. The predicted molar refractivity (Wildman–Crippen MR) is 56.3 cm³/mol. The minimum absolute atomic E-state index is 0.101. The van der Waals surface area contributed by atoms with Crippen LogP contribution < -0.4 is 11.1 Å². The largest absolute Gasteiger partial charge is 0.383 e. The predicted octanol–water partition coefficient (Wildman–Crippen LogP) is 0.119. The van der Waals surface area contributed by atoms with E-state index < -0.39 is 0 Å². The van der Waals surface area contributed by atoms with E-state index in [0.29, 0.717) is 12.7 Å². The summed E-state index contributed by atoms with van der Waals surface area (Å²) < 4.78 is 10.5. The number of ether oxygens (including phenoxy) is 2. The SMILES string of the molecule is COCC(N)CNCCC1CCCO1. The minimum Gasteiger partial charge on any atom is -0.383 e. The quantitative estimate of drug-likeness (QED) is 0.576. The zero-order valence-corrected chi connectivity index (χ0v) is 9.00. The van der Waals surface area contributed by atoms with Gasteiger partial charge in [-0.25, -0.2) is 0 Å². The standard InChI is InChI=1S/C10H22N2O2/c1-13-8-9(11)7-12-5-4-10-3-2-6-14-10/h9-10,12H,2-8,11H2,1H3. The van der Waals surface area contributed by atoms with Crippen molar-refractivity contribution in [2.45, 2.75) is 31.4 Å². The fourth-order valence-corrected chi connectivity index (χ4v) is 1.70. The normalized spacial score (nSPS) is 24.0. The maximum Gasteiger partial charge on any atom is 0.0626 e. The molecule has 0 aromatic carbocycles. The fraction of sp³-hybridized carbons (Fsp3) is 1.00. The number of methoxy groups -OCH3 is 1. The monoisotopic (exact) mass is 202 g/mol. The van der Waals surface area contributed by atoms with Gasteiger partial charge in [0.05, 0.1) is 12.7 Å². The number of nitrogens with one attached hydrogen (secondary N) is 1. The lowest BCUT2D eigenvalue weighted by Crippen LogP contribution is -2.38. The molecule has 0 bridgehead atoms. The Labute approximate surface area is 86.1 Å². The highest BCUT2D eigenvalue weighted by Gasteiger charge is 2.14. The second-order valence-electron chi connectivity index (χ2n) is 3.84.